The number of hydrogen-bond acceptors (Lipinski definition) is 3. The number of amides is 1. The van der Waals surface area contributed by atoms with Crippen LogP contribution < -0.4 is 0 Å². The third-order valence-electron chi connectivity index (χ3n) is 3.34. The first kappa shape index (κ1) is 12.4. The van der Waals surface area contributed by atoms with E-state index >= 15 is 0 Å². The largest absolute Gasteiger partial charge is 0.478 e. The molecule has 2 rings (SSSR count). The summed E-state index contributed by atoms with van der Waals surface area (Å²) >= 11 is 0. The van der Waals surface area contributed by atoms with Gasteiger partial charge in [0.15, 0.2) is 0 Å². The van der Waals surface area contributed by atoms with Crippen molar-refractivity contribution in [2.75, 3.05) is 13.7 Å². The maximum Gasteiger partial charge on any atom is 0.409 e. The fourth-order valence-electron chi connectivity index (χ4n) is 2.33. The Morgan fingerprint density at radius 1 is 1.44 bits per heavy atom. The van der Waals surface area contributed by atoms with Gasteiger partial charge < -0.3 is 14.7 Å². The van der Waals surface area contributed by atoms with Crippen LogP contribution in [-0.4, -0.2) is 35.7 Å². The molecular weight excluding hydrogens is 234 g/mol. The number of benzene rings is 1. The van der Waals surface area contributed by atoms with Gasteiger partial charge in [0.25, 0.3) is 0 Å². The van der Waals surface area contributed by atoms with E-state index in [1.54, 1.807) is 23.1 Å². The predicted octanol–water partition coefficient (Wildman–Crippen LogP) is 2.07. The molecule has 0 spiro atoms. The van der Waals surface area contributed by atoms with Gasteiger partial charge in [-0.15, -0.1) is 0 Å². The monoisotopic (exact) mass is 249 g/mol. The minimum atomic E-state index is -0.930. The zero-order chi connectivity index (χ0) is 13.3. The van der Waals surface area contributed by atoms with Crippen LogP contribution in [0.3, 0.4) is 0 Å². The van der Waals surface area contributed by atoms with Crippen LogP contribution in [0.5, 0.6) is 0 Å². The number of carbonyl (C=O) groups excluding carboxylic acids is 1. The molecule has 1 aromatic rings. The number of carboxylic acid groups (broad SMARTS) is 1. The average molecular weight is 249 g/mol. The first-order valence-corrected chi connectivity index (χ1v) is 5.75. The second kappa shape index (κ2) is 4.68. The molecule has 18 heavy (non-hydrogen) atoms. The van der Waals surface area contributed by atoms with Crippen LogP contribution in [0.4, 0.5) is 4.79 Å². The van der Waals surface area contributed by atoms with Gasteiger partial charge in [0.05, 0.1) is 18.7 Å². The summed E-state index contributed by atoms with van der Waals surface area (Å²) in [5.74, 6) is -0.930. The van der Waals surface area contributed by atoms with E-state index in [-0.39, 0.29) is 17.7 Å². The number of carbonyl (C=O) groups is 2. The quantitative estimate of drug-likeness (QED) is 0.827. The van der Waals surface area contributed by atoms with E-state index in [2.05, 4.69) is 0 Å². The number of carboxylic acids is 1. The Kier molecular flexibility index (Phi) is 3.23. The van der Waals surface area contributed by atoms with Crippen molar-refractivity contribution in [3.63, 3.8) is 0 Å². The van der Waals surface area contributed by atoms with Crippen molar-refractivity contribution in [2.24, 2.45) is 0 Å². The van der Waals surface area contributed by atoms with Crippen LogP contribution in [-0.2, 0) is 11.2 Å². The minimum absolute atomic E-state index is 0.0935. The lowest BCUT2D eigenvalue weighted by Gasteiger charge is -2.34. The standard InChI is InChI=1S/C13H15NO4/c1-8-11-4-3-10(12(15)16)7-9(11)5-6-14(8)13(17)18-2/h3-4,7-8H,5-6H2,1-2H3,(H,15,16). The SMILES string of the molecule is COC(=O)N1CCc2cc(C(=O)O)ccc2C1C. The molecule has 0 saturated heterocycles. The molecule has 1 aliphatic heterocycles. The van der Waals surface area contributed by atoms with Gasteiger partial charge in [-0.25, -0.2) is 9.59 Å². The van der Waals surface area contributed by atoms with E-state index in [0.29, 0.717) is 13.0 Å². The molecule has 1 aromatic carbocycles. The number of methoxy groups -OCH3 is 1. The van der Waals surface area contributed by atoms with Crippen LogP contribution in [0.2, 0.25) is 0 Å². The summed E-state index contributed by atoms with van der Waals surface area (Å²) < 4.78 is 4.73. The topological polar surface area (TPSA) is 66.8 Å². The number of nitrogens with zero attached hydrogens (tertiary/aromatic N) is 1. The molecule has 1 unspecified atom stereocenters. The molecule has 0 saturated carbocycles. The van der Waals surface area contributed by atoms with Crippen LogP contribution >= 0.6 is 0 Å². The number of aromatic carboxylic acids is 1. The van der Waals surface area contributed by atoms with Gasteiger partial charge in [-0.3, -0.25) is 0 Å². The molecule has 1 aliphatic rings. The number of rotatable bonds is 1. The summed E-state index contributed by atoms with van der Waals surface area (Å²) in [6, 6.07) is 4.93. The summed E-state index contributed by atoms with van der Waals surface area (Å²) in [7, 11) is 1.36. The van der Waals surface area contributed by atoms with Gasteiger partial charge >= 0.3 is 12.1 Å². The molecular formula is C13H15NO4. The molecule has 0 fully saturated rings. The van der Waals surface area contributed by atoms with E-state index in [0.717, 1.165) is 11.1 Å². The zero-order valence-corrected chi connectivity index (χ0v) is 10.3. The third kappa shape index (κ3) is 2.03. The fourth-order valence-corrected chi connectivity index (χ4v) is 2.33. The molecule has 1 atom stereocenters. The Morgan fingerprint density at radius 3 is 2.78 bits per heavy atom. The second-order valence-electron chi connectivity index (χ2n) is 4.31. The molecule has 1 heterocycles. The highest BCUT2D eigenvalue weighted by atomic mass is 16.5. The lowest BCUT2D eigenvalue weighted by atomic mass is 9.92. The van der Waals surface area contributed by atoms with Crippen LogP contribution in [0.25, 0.3) is 0 Å². The Bertz CT molecular complexity index is 498. The van der Waals surface area contributed by atoms with Gasteiger partial charge in [0.2, 0.25) is 0 Å². The molecule has 1 amide bonds. The second-order valence-corrected chi connectivity index (χ2v) is 4.31. The summed E-state index contributed by atoms with van der Waals surface area (Å²) in [6.45, 7) is 2.46. The summed E-state index contributed by atoms with van der Waals surface area (Å²) in [4.78, 5) is 24.1. The van der Waals surface area contributed by atoms with E-state index in [9.17, 15) is 9.59 Å². The molecule has 0 aromatic heterocycles. The summed E-state index contributed by atoms with van der Waals surface area (Å²) in [5.41, 5.74) is 2.26. The Balaban J connectivity index is 2.33. The van der Waals surface area contributed by atoms with E-state index in [4.69, 9.17) is 9.84 Å². The predicted molar refractivity (Wildman–Crippen MR) is 64.6 cm³/mol. The number of hydrogen-bond donors (Lipinski definition) is 1. The van der Waals surface area contributed by atoms with Crippen LogP contribution in [0.15, 0.2) is 18.2 Å². The highest BCUT2D eigenvalue weighted by Gasteiger charge is 2.28. The average Bonchev–Trinajstić information content (AvgIpc) is 2.37. The smallest absolute Gasteiger partial charge is 0.409 e. The van der Waals surface area contributed by atoms with Crippen molar-refractivity contribution in [2.45, 2.75) is 19.4 Å². The van der Waals surface area contributed by atoms with Crippen LogP contribution in [0.1, 0.15) is 34.5 Å². The first-order valence-electron chi connectivity index (χ1n) is 5.75. The molecule has 5 heteroatoms. The highest BCUT2D eigenvalue weighted by molar-refractivity contribution is 5.88. The Hall–Kier alpha value is -2.04. The molecule has 0 radical (unpaired) electrons. The van der Waals surface area contributed by atoms with Crippen molar-refractivity contribution < 1.29 is 19.4 Å². The zero-order valence-electron chi connectivity index (χ0n) is 10.3. The normalized spacial score (nSPS) is 18.1. The van der Waals surface area contributed by atoms with Crippen molar-refractivity contribution in [3.8, 4) is 0 Å². The van der Waals surface area contributed by atoms with Crippen molar-refractivity contribution in [1.29, 1.82) is 0 Å². The van der Waals surface area contributed by atoms with E-state index in [1.807, 2.05) is 6.92 Å². The van der Waals surface area contributed by atoms with Crippen molar-refractivity contribution in [3.05, 3.63) is 34.9 Å². The van der Waals surface area contributed by atoms with Gasteiger partial charge in [0.1, 0.15) is 0 Å². The van der Waals surface area contributed by atoms with Gasteiger partial charge in [-0.05, 0) is 36.6 Å². The van der Waals surface area contributed by atoms with Gasteiger partial charge in [-0.2, -0.15) is 0 Å². The first-order chi connectivity index (χ1) is 8.54. The van der Waals surface area contributed by atoms with E-state index < -0.39 is 5.97 Å². The van der Waals surface area contributed by atoms with Crippen LogP contribution in [0, 0.1) is 0 Å². The maximum absolute atomic E-state index is 11.6. The Labute approximate surface area is 105 Å². The minimum Gasteiger partial charge on any atom is -0.478 e. The Morgan fingerprint density at radius 2 is 2.17 bits per heavy atom. The molecule has 5 nitrogen and oxygen atoms in total. The number of ether oxygens (including phenoxy) is 1. The van der Waals surface area contributed by atoms with E-state index in [1.165, 1.54) is 7.11 Å². The summed E-state index contributed by atoms with van der Waals surface area (Å²) in [5, 5.41) is 8.95. The van der Waals surface area contributed by atoms with Gasteiger partial charge in [-0.1, -0.05) is 6.07 Å². The lowest BCUT2D eigenvalue weighted by Crippen LogP contribution is -2.38. The summed E-state index contributed by atoms with van der Waals surface area (Å²) in [6.07, 6.45) is 0.297. The maximum atomic E-state index is 11.6. The lowest BCUT2D eigenvalue weighted by molar-refractivity contribution is 0.0695. The molecule has 1 N–H and O–H groups in total. The molecule has 0 aliphatic carbocycles. The third-order valence-corrected chi connectivity index (χ3v) is 3.34. The number of fused-ring (bicyclic) bond motifs is 1. The van der Waals surface area contributed by atoms with Gasteiger partial charge in [0, 0.05) is 6.54 Å². The van der Waals surface area contributed by atoms with Crippen molar-refractivity contribution >= 4 is 12.1 Å². The molecule has 96 valence electrons. The highest BCUT2D eigenvalue weighted by Crippen LogP contribution is 2.30. The van der Waals surface area contributed by atoms with Crippen molar-refractivity contribution in [1.82, 2.24) is 4.90 Å². The fraction of sp³-hybridized carbons (Fsp3) is 0.385. The molecule has 0 bridgehead atoms.